The number of thioether (sulfide) groups is 1. The van der Waals surface area contributed by atoms with Gasteiger partial charge in [0, 0.05) is 37.6 Å². The molecule has 1 saturated heterocycles. The van der Waals surface area contributed by atoms with Crippen LogP contribution in [-0.4, -0.2) is 49.3 Å². The summed E-state index contributed by atoms with van der Waals surface area (Å²) >= 11 is 1.91. The first kappa shape index (κ1) is 13.8. The first-order chi connectivity index (χ1) is 7.53. The molecule has 4 nitrogen and oxygen atoms in total. The van der Waals surface area contributed by atoms with Gasteiger partial charge in [-0.05, 0) is 13.8 Å². The first-order valence-corrected chi connectivity index (χ1v) is 6.80. The topological polar surface area (TPSA) is 50.4 Å². The van der Waals surface area contributed by atoms with E-state index >= 15 is 0 Å². The summed E-state index contributed by atoms with van der Waals surface area (Å²) in [5.74, 6) is 2.27. The molecule has 1 rings (SSSR count). The van der Waals surface area contributed by atoms with Crippen LogP contribution >= 0.6 is 11.8 Å². The van der Waals surface area contributed by atoms with Crippen LogP contribution in [0.3, 0.4) is 0 Å². The number of nitrogens with one attached hydrogen (secondary N) is 2. The predicted octanol–water partition coefficient (Wildman–Crippen LogP) is 0.623. The average Bonchev–Trinajstić information content (AvgIpc) is 2.17. The molecule has 0 aromatic carbocycles. The summed E-state index contributed by atoms with van der Waals surface area (Å²) in [6, 6.07) is 0.317. The molecular formula is C11H22N2O2S. The molecule has 1 atom stereocenters. The lowest BCUT2D eigenvalue weighted by Gasteiger charge is -2.28. The van der Waals surface area contributed by atoms with Crippen LogP contribution in [0.5, 0.6) is 0 Å². The highest BCUT2D eigenvalue weighted by molar-refractivity contribution is 7.99. The molecule has 0 aliphatic carbocycles. The molecular weight excluding hydrogens is 224 g/mol. The summed E-state index contributed by atoms with van der Waals surface area (Å²) < 4.78 is 5.06. The van der Waals surface area contributed by atoms with Crippen LogP contribution in [0, 0.1) is 0 Å². The highest BCUT2D eigenvalue weighted by Crippen LogP contribution is 2.11. The van der Waals surface area contributed by atoms with Crippen molar-refractivity contribution in [2.24, 2.45) is 0 Å². The molecule has 0 saturated carbocycles. The second-order valence-corrected chi connectivity index (χ2v) is 5.94. The molecule has 0 bridgehead atoms. The van der Waals surface area contributed by atoms with E-state index in [2.05, 4.69) is 10.6 Å². The Morgan fingerprint density at radius 2 is 2.38 bits per heavy atom. The molecule has 2 N–H and O–H groups in total. The zero-order valence-corrected chi connectivity index (χ0v) is 11.2. The average molecular weight is 246 g/mol. The van der Waals surface area contributed by atoms with Crippen molar-refractivity contribution in [3.8, 4) is 0 Å². The van der Waals surface area contributed by atoms with E-state index in [4.69, 9.17) is 4.74 Å². The van der Waals surface area contributed by atoms with E-state index < -0.39 is 0 Å². The SMILES string of the molecule is COCC(C)(C)NC(=O)CC1CSCCN1. The molecule has 1 aliphatic rings. The van der Waals surface area contributed by atoms with Crippen LogP contribution in [-0.2, 0) is 9.53 Å². The van der Waals surface area contributed by atoms with E-state index in [0.717, 1.165) is 18.1 Å². The maximum absolute atomic E-state index is 11.8. The Morgan fingerprint density at radius 1 is 1.62 bits per heavy atom. The van der Waals surface area contributed by atoms with E-state index in [-0.39, 0.29) is 11.4 Å². The summed E-state index contributed by atoms with van der Waals surface area (Å²) in [7, 11) is 1.65. The van der Waals surface area contributed by atoms with Crippen LogP contribution < -0.4 is 10.6 Å². The van der Waals surface area contributed by atoms with Gasteiger partial charge in [0.25, 0.3) is 0 Å². The zero-order chi connectivity index (χ0) is 12.0. The highest BCUT2D eigenvalue weighted by Gasteiger charge is 2.23. The van der Waals surface area contributed by atoms with Gasteiger partial charge in [-0.3, -0.25) is 4.79 Å². The lowest BCUT2D eigenvalue weighted by atomic mass is 10.1. The second kappa shape index (κ2) is 6.47. The second-order valence-electron chi connectivity index (χ2n) is 4.80. The van der Waals surface area contributed by atoms with Gasteiger partial charge in [0.05, 0.1) is 12.1 Å². The molecule has 0 aromatic rings. The number of hydrogen-bond acceptors (Lipinski definition) is 4. The van der Waals surface area contributed by atoms with Gasteiger partial charge in [-0.1, -0.05) is 0 Å². The lowest BCUT2D eigenvalue weighted by molar-refractivity contribution is -0.123. The lowest BCUT2D eigenvalue weighted by Crippen LogP contribution is -2.49. The fourth-order valence-electron chi connectivity index (χ4n) is 1.80. The van der Waals surface area contributed by atoms with Crippen molar-refractivity contribution < 1.29 is 9.53 Å². The molecule has 94 valence electrons. The quantitative estimate of drug-likeness (QED) is 0.747. The van der Waals surface area contributed by atoms with Crippen LogP contribution in [0.25, 0.3) is 0 Å². The molecule has 1 unspecified atom stereocenters. The molecule has 16 heavy (non-hydrogen) atoms. The van der Waals surface area contributed by atoms with Crippen molar-refractivity contribution in [1.82, 2.24) is 10.6 Å². The number of rotatable bonds is 5. The van der Waals surface area contributed by atoms with E-state index in [1.165, 1.54) is 0 Å². The minimum Gasteiger partial charge on any atom is -0.382 e. The molecule has 0 aromatic heterocycles. The van der Waals surface area contributed by atoms with Crippen molar-refractivity contribution in [2.45, 2.75) is 31.8 Å². The third-order valence-electron chi connectivity index (χ3n) is 2.41. The van der Waals surface area contributed by atoms with Crippen LogP contribution in [0.15, 0.2) is 0 Å². The van der Waals surface area contributed by atoms with E-state index in [1.807, 2.05) is 25.6 Å². The molecule has 1 fully saturated rings. The number of ether oxygens (including phenoxy) is 1. The minimum atomic E-state index is -0.284. The largest absolute Gasteiger partial charge is 0.382 e. The number of methoxy groups -OCH3 is 1. The Morgan fingerprint density at radius 3 is 2.94 bits per heavy atom. The summed E-state index contributed by atoms with van der Waals surface area (Å²) in [5, 5.41) is 6.35. The maximum Gasteiger partial charge on any atom is 0.222 e. The van der Waals surface area contributed by atoms with Gasteiger partial charge in [0.2, 0.25) is 5.91 Å². The van der Waals surface area contributed by atoms with Crippen LogP contribution in [0.4, 0.5) is 0 Å². The van der Waals surface area contributed by atoms with Crippen LogP contribution in [0.1, 0.15) is 20.3 Å². The first-order valence-electron chi connectivity index (χ1n) is 5.64. The van der Waals surface area contributed by atoms with Gasteiger partial charge >= 0.3 is 0 Å². The molecule has 1 heterocycles. The zero-order valence-electron chi connectivity index (χ0n) is 10.3. The standard InChI is InChI=1S/C11H22N2O2S/c1-11(2,8-15-3)13-10(14)6-9-7-16-5-4-12-9/h9,12H,4-8H2,1-3H3,(H,13,14). The molecule has 0 radical (unpaired) electrons. The Balaban J connectivity index is 2.28. The molecule has 0 spiro atoms. The van der Waals surface area contributed by atoms with E-state index in [0.29, 0.717) is 19.1 Å². The van der Waals surface area contributed by atoms with E-state index in [1.54, 1.807) is 7.11 Å². The number of amides is 1. The molecule has 1 amide bonds. The van der Waals surface area contributed by atoms with Crippen molar-refractivity contribution in [3.63, 3.8) is 0 Å². The maximum atomic E-state index is 11.8. The number of carbonyl (C=O) groups is 1. The van der Waals surface area contributed by atoms with Crippen molar-refractivity contribution >= 4 is 17.7 Å². The van der Waals surface area contributed by atoms with Gasteiger partial charge in [-0.15, -0.1) is 0 Å². The Hall–Kier alpha value is -0.260. The van der Waals surface area contributed by atoms with Gasteiger partial charge < -0.3 is 15.4 Å². The predicted molar refractivity (Wildman–Crippen MR) is 67.8 cm³/mol. The number of carbonyl (C=O) groups excluding carboxylic acids is 1. The van der Waals surface area contributed by atoms with Gasteiger partial charge in [0.15, 0.2) is 0 Å². The third kappa shape index (κ3) is 5.18. The van der Waals surface area contributed by atoms with Gasteiger partial charge in [0.1, 0.15) is 0 Å². The van der Waals surface area contributed by atoms with Crippen LogP contribution in [0.2, 0.25) is 0 Å². The fourth-order valence-corrected chi connectivity index (χ4v) is 2.75. The fraction of sp³-hybridized carbons (Fsp3) is 0.909. The molecule has 5 heteroatoms. The summed E-state index contributed by atoms with van der Waals surface area (Å²) in [6.45, 7) is 5.48. The molecule has 1 aliphatic heterocycles. The number of hydrogen-bond donors (Lipinski definition) is 2. The summed E-state index contributed by atoms with van der Waals surface area (Å²) in [5.41, 5.74) is -0.284. The Bertz CT molecular complexity index is 228. The highest BCUT2D eigenvalue weighted by atomic mass is 32.2. The van der Waals surface area contributed by atoms with E-state index in [9.17, 15) is 4.79 Å². The van der Waals surface area contributed by atoms with Crippen molar-refractivity contribution in [1.29, 1.82) is 0 Å². The van der Waals surface area contributed by atoms with Gasteiger partial charge in [-0.2, -0.15) is 11.8 Å². The Kier molecular flexibility index (Phi) is 5.58. The van der Waals surface area contributed by atoms with Gasteiger partial charge in [-0.25, -0.2) is 0 Å². The van der Waals surface area contributed by atoms with Crippen molar-refractivity contribution in [3.05, 3.63) is 0 Å². The minimum absolute atomic E-state index is 0.0991. The summed E-state index contributed by atoms with van der Waals surface area (Å²) in [4.78, 5) is 11.8. The third-order valence-corrected chi connectivity index (χ3v) is 3.54. The van der Waals surface area contributed by atoms with Crippen molar-refractivity contribution in [2.75, 3.05) is 31.8 Å². The Labute approximate surface area is 102 Å². The normalized spacial score (nSPS) is 21.8. The smallest absolute Gasteiger partial charge is 0.222 e. The summed E-state index contributed by atoms with van der Waals surface area (Å²) in [6.07, 6.45) is 0.556. The monoisotopic (exact) mass is 246 g/mol.